The lowest BCUT2D eigenvalue weighted by molar-refractivity contribution is 0.535. The van der Waals surface area contributed by atoms with Gasteiger partial charge in [-0.2, -0.15) is 0 Å². The van der Waals surface area contributed by atoms with Crippen molar-refractivity contribution in [2.24, 2.45) is 0 Å². The lowest BCUT2D eigenvalue weighted by Gasteiger charge is -1.78. The zero-order valence-corrected chi connectivity index (χ0v) is 5.70. The van der Waals surface area contributed by atoms with E-state index in [0.29, 0.717) is 0 Å². The largest absolute Gasteiger partial charge is 0.410 e. The number of rotatable bonds is 1. The SMILES string of the molecule is O=[C+]c1cc2ccccc2o1. The average molecular weight is 145 g/mol. The van der Waals surface area contributed by atoms with Gasteiger partial charge in [-0.1, -0.05) is 16.9 Å². The molecule has 0 atom stereocenters. The quantitative estimate of drug-likeness (QED) is 0.573. The lowest BCUT2D eigenvalue weighted by atomic mass is 10.2. The summed E-state index contributed by atoms with van der Waals surface area (Å²) in [6.07, 6.45) is 1.70. The third kappa shape index (κ3) is 0.896. The molecule has 2 nitrogen and oxygen atoms in total. The van der Waals surface area contributed by atoms with Crippen LogP contribution < -0.4 is 0 Å². The normalized spacial score (nSPS) is 9.82. The molecule has 11 heavy (non-hydrogen) atoms. The topological polar surface area (TPSA) is 30.2 Å². The van der Waals surface area contributed by atoms with Gasteiger partial charge in [0.15, 0.2) is 5.58 Å². The molecule has 1 aromatic carbocycles. The Labute approximate surface area is 63.4 Å². The Bertz CT molecular complexity index is 354. The monoisotopic (exact) mass is 145 g/mol. The molecule has 0 aliphatic heterocycles. The Morgan fingerprint density at radius 2 is 2.09 bits per heavy atom. The van der Waals surface area contributed by atoms with Crippen molar-refractivity contribution in [2.45, 2.75) is 0 Å². The summed E-state index contributed by atoms with van der Waals surface area (Å²) in [5.41, 5.74) is 0.728. The molecule has 2 heteroatoms. The van der Waals surface area contributed by atoms with Gasteiger partial charge in [-0.05, 0) is 12.1 Å². The fourth-order valence-corrected chi connectivity index (χ4v) is 1.03. The molecule has 0 N–H and O–H groups in total. The highest BCUT2D eigenvalue weighted by Gasteiger charge is 2.11. The maximum atomic E-state index is 10.2. The molecule has 0 spiro atoms. The summed E-state index contributed by atoms with van der Waals surface area (Å²) in [5.74, 6) is 0.256. The molecule has 1 heterocycles. The number of hydrogen-bond acceptors (Lipinski definition) is 2. The van der Waals surface area contributed by atoms with Gasteiger partial charge in [-0.15, -0.1) is 0 Å². The van der Waals surface area contributed by atoms with E-state index in [2.05, 4.69) is 0 Å². The van der Waals surface area contributed by atoms with Crippen molar-refractivity contribution in [3.63, 3.8) is 0 Å². The van der Waals surface area contributed by atoms with Crippen LogP contribution in [0.1, 0.15) is 5.76 Å². The first-order chi connectivity index (χ1) is 5.40. The van der Waals surface area contributed by atoms with Crippen LogP contribution in [0.5, 0.6) is 0 Å². The predicted molar refractivity (Wildman–Crippen MR) is 41.0 cm³/mol. The van der Waals surface area contributed by atoms with Crippen LogP contribution in [-0.4, -0.2) is 6.29 Å². The summed E-state index contributed by atoms with van der Waals surface area (Å²) < 4.78 is 5.09. The van der Waals surface area contributed by atoms with Crippen LogP contribution in [0.2, 0.25) is 0 Å². The Morgan fingerprint density at radius 1 is 1.27 bits per heavy atom. The van der Waals surface area contributed by atoms with Gasteiger partial charge in [0.25, 0.3) is 0 Å². The van der Waals surface area contributed by atoms with Gasteiger partial charge >= 0.3 is 12.0 Å². The Hall–Kier alpha value is -1.66. The van der Waals surface area contributed by atoms with Crippen molar-refractivity contribution < 1.29 is 9.21 Å². The molecule has 0 unspecified atom stereocenters. The van der Waals surface area contributed by atoms with Gasteiger partial charge in [0, 0.05) is 0 Å². The van der Waals surface area contributed by atoms with Gasteiger partial charge in [0.05, 0.1) is 0 Å². The molecule has 0 aliphatic rings. The maximum absolute atomic E-state index is 10.2. The molecule has 2 rings (SSSR count). The summed E-state index contributed by atoms with van der Waals surface area (Å²) in [4.78, 5) is 10.2. The standard InChI is InChI=1S/C9H5O2/c10-6-8-5-7-3-1-2-4-9(7)11-8/h1-5H/q+1. The van der Waals surface area contributed by atoms with Crippen molar-refractivity contribution in [3.8, 4) is 0 Å². The maximum Gasteiger partial charge on any atom is 0.407 e. The Balaban J connectivity index is 2.78. The highest BCUT2D eigenvalue weighted by Crippen LogP contribution is 2.16. The van der Waals surface area contributed by atoms with Crippen molar-refractivity contribution in [1.82, 2.24) is 0 Å². The molecule has 1 aromatic heterocycles. The minimum Gasteiger partial charge on any atom is -0.410 e. The number of fused-ring (bicyclic) bond motifs is 1. The van der Waals surface area contributed by atoms with Gasteiger partial charge in [0.2, 0.25) is 0 Å². The van der Waals surface area contributed by atoms with E-state index in [1.807, 2.05) is 24.3 Å². The second-order valence-electron chi connectivity index (χ2n) is 2.25. The number of carbonyl (C=O) groups excluding carboxylic acids is 1. The van der Waals surface area contributed by atoms with Crippen LogP contribution >= 0.6 is 0 Å². The molecule has 0 bridgehead atoms. The van der Waals surface area contributed by atoms with E-state index in [4.69, 9.17) is 4.42 Å². The summed E-state index contributed by atoms with van der Waals surface area (Å²) in [5, 5.41) is 0.936. The summed E-state index contributed by atoms with van der Waals surface area (Å²) in [6, 6.07) is 9.13. The molecule has 0 radical (unpaired) electrons. The molecule has 2 aromatic rings. The van der Waals surface area contributed by atoms with E-state index < -0.39 is 0 Å². The lowest BCUT2D eigenvalue weighted by Crippen LogP contribution is -1.67. The summed E-state index contributed by atoms with van der Waals surface area (Å²) in [7, 11) is 0. The zero-order valence-electron chi connectivity index (χ0n) is 5.70. The van der Waals surface area contributed by atoms with Gasteiger partial charge in [0.1, 0.15) is 11.5 Å². The van der Waals surface area contributed by atoms with Crippen LogP contribution in [0.15, 0.2) is 34.7 Å². The average Bonchev–Trinajstić information content (AvgIpc) is 2.46. The highest BCUT2D eigenvalue weighted by atomic mass is 16.3. The Kier molecular flexibility index (Phi) is 1.21. The number of furan rings is 1. The van der Waals surface area contributed by atoms with Crippen molar-refractivity contribution in [3.05, 3.63) is 36.1 Å². The molecule has 0 amide bonds. The molecule has 0 fully saturated rings. The van der Waals surface area contributed by atoms with E-state index in [1.54, 1.807) is 12.4 Å². The van der Waals surface area contributed by atoms with E-state index in [9.17, 15) is 4.79 Å². The van der Waals surface area contributed by atoms with Crippen molar-refractivity contribution in [2.75, 3.05) is 0 Å². The van der Waals surface area contributed by atoms with E-state index in [1.165, 1.54) is 0 Å². The molecule has 52 valence electrons. The zero-order chi connectivity index (χ0) is 7.68. The second kappa shape index (κ2) is 2.19. The van der Waals surface area contributed by atoms with E-state index >= 15 is 0 Å². The third-order valence-corrected chi connectivity index (χ3v) is 1.53. The van der Waals surface area contributed by atoms with Crippen molar-refractivity contribution in [1.29, 1.82) is 0 Å². The van der Waals surface area contributed by atoms with Crippen LogP contribution in [0, 0.1) is 0 Å². The molecule has 0 saturated carbocycles. The molecular weight excluding hydrogens is 140 g/mol. The number of benzene rings is 1. The third-order valence-electron chi connectivity index (χ3n) is 1.53. The van der Waals surface area contributed by atoms with Crippen molar-refractivity contribution >= 4 is 17.3 Å². The van der Waals surface area contributed by atoms with E-state index in [0.717, 1.165) is 11.0 Å². The summed E-state index contributed by atoms with van der Waals surface area (Å²) >= 11 is 0. The fourth-order valence-electron chi connectivity index (χ4n) is 1.03. The first-order valence-corrected chi connectivity index (χ1v) is 3.27. The Morgan fingerprint density at radius 3 is 2.82 bits per heavy atom. The second-order valence-corrected chi connectivity index (χ2v) is 2.25. The van der Waals surface area contributed by atoms with Crippen LogP contribution in [0.25, 0.3) is 11.0 Å². The molecular formula is C9H5O2+. The summed E-state index contributed by atoms with van der Waals surface area (Å²) in [6.45, 7) is 0. The van der Waals surface area contributed by atoms with Gasteiger partial charge in [-0.25, -0.2) is 0 Å². The molecule has 0 aliphatic carbocycles. The fraction of sp³-hybridized carbons (Fsp3) is 0. The minimum atomic E-state index is 0.256. The van der Waals surface area contributed by atoms with Crippen LogP contribution in [0.4, 0.5) is 0 Å². The smallest absolute Gasteiger partial charge is 0.407 e. The predicted octanol–water partition coefficient (Wildman–Crippen LogP) is 1.89. The molecule has 0 saturated heterocycles. The minimum absolute atomic E-state index is 0.256. The number of hydrogen-bond donors (Lipinski definition) is 0. The van der Waals surface area contributed by atoms with Gasteiger partial charge in [-0.3, -0.25) is 0 Å². The van der Waals surface area contributed by atoms with Gasteiger partial charge < -0.3 is 4.42 Å². The van der Waals surface area contributed by atoms with Crippen LogP contribution in [-0.2, 0) is 4.79 Å². The van der Waals surface area contributed by atoms with Crippen LogP contribution in [0.3, 0.4) is 0 Å². The first-order valence-electron chi connectivity index (χ1n) is 3.27. The highest BCUT2D eigenvalue weighted by molar-refractivity contribution is 5.84. The first kappa shape index (κ1) is 6.08. The number of para-hydroxylation sites is 1. The van der Waals surface area contributed by atoms with E-state index in [-0.39, 0.29) is 5.76 Å².